The second-order valence-corrected chi connectivity index (χ2v) is 7.94. The molecule has 0 atom stereocenters. The number of nitrogens with zero attached hydrogens (tertiary/aromatic N) is 1. The lowest BCUT2D eigenvalue weighted by Gasteiger charge is -2.27. The van der Waals surface area contributed by atoms with E-state index in [1.54, 1.807) is 54.6 Å². The highest BCUT2D eigenvalue weighted by Gasteiger charge is 2.24. The minimum atomic E-state index is -0.332. The molecule has 0 fully saturated rings. The molecule has 0 heterocycles. The summed E-state index contributed by atoms with van der Waals surface area (Å²) in [4.78, 5) is 27.2. The van der Waals surface area contributed by atoms with E-state index in [-0.39, 0.29) is 18.4 Å². The number of halogens is 1. The summed E-state index contributed by atoms with van der Waals surface area (Å²) in [6.07, 6.45) is 0. The minimum Gasteiger partial charge on any atom is -0.497 e. The predicted molar refractivity (Wildman–Crippen MR) is 135 cm³/mol. The fourth-order valence-electron chi connectivity index (χ4n) is 3.61. The van der Waals surface area contributed by atoms with Crippen LogP contribution in [0, 0.1) is 0 Å². The van der Waals surface area contributed by atoms with Crippen LogP contribution in [-0.4, -0.2) is 40.3 Å². The van der Waals surface area contributed by atoms with Crippen LogP contribution in [0.5, 0.6) is 23.0 Å². The van der Waals surface area contributed by atoms with Crippen LogP contribution in [0.4, 0.5) is 11.4 Å². The second kappa shape index (κ2) is 11.5. The SMILES string of the molecule is COc1ccc(NC(C)=O)c(N(Cc2cc(OC)c(OC)c(OC)c2)C(=O)c2cccc(Cl)c2)c1. The van der Waals surface area contributed by atoms with Crippen LogP contribution in [-0.2, 0) is 11.3 Å². The number of carbonyl (C=O) groups is 2. The third-order valence-corrected chi connectivity index (χ3v) is 5.42. The van der Waals surface area contributed by atoms with Gasteiger partial charge >= 0.3 is 0 Å². The van der Waals surface area contributed by atoms with Crippen LogP contribution in [0.3, 0.4) is 0 Å². The zero-order chi connectivity index (χ0) is 25.5. The number of hydrogen-bond donors (Lipinski definition) is 1. The van der Waals surface area contributed by atoms with E-state index in [1.165, 1.54) is 40.3 Å². The molecule has 0 spiro atoms. The second-order valence-electron chi connectivity index (χ2n) is 7.50. The molecule has 1 N–H and O–H groups in total. The Labute approximate surface area is 209 Å². The Balaban J connectivity index is 2.19. The molecule has 9 heteroatoms. The highest BCUT2D eigenvalue weighted by Crippen LogP contribution is 2.40. The van der Waals surface area contributed by atoms with Crippen LogP contribution < -0.4 is 29.2 Å². The fraction of sp³-hybridized carbons (Fsp3) is 0.231. The van der Waals surface area contributed by atoms with E-state index in [0.717, 1.165) is 0 Å². The number of carbonyl (C=O) groups excluding carboxylic acids is 2. The largest absolute Gasteiger partial charge is 0.497 e. The molecule has 0 aliphatic carbocycles. The number of methoxy groups -OCH3 is 4. The van der Waals surface area contributed by atoms with Gasteiger partial charge in [0.2, 0.25) is 11.7 Å². The Bertz CT molecular complexity index is 1210. The first-order valence-corrected chi connectivity index (χ1v) is 11.0. The summed E-state index contributed by atoms with van der Waals surface area (Å²) in [6, 6.07) is 15.3. The Morgan fingerprint density at radius 3 is 2.11 bits per heavy atom. The summed E-state index contributed by atoms with van der Waals surface area (Å²) in [5.41, 5.74) is 1.97. The molecule has 3 aromatic rings. The molecule has 0 aromatic heterocycles. The first-order chi connectivity index (χ1) is 16.8. The van der Waals surface area contributed by atoms with E-state index in [2.05, 4.69) is 5.32 Å². The van der Waals surface area contributed by atoms with Crippen molar-refractivity contribution in [2.24, 2.45) is 0 Å². The molecule has 8 nitrogen and oxygen atoms in total. The molecule has 0 unspecified atom stereocenters. The summed E-state index contributed by atoms with van der Waals surface area (Å²) in [5, 5.41) is 3.22. The third-order valence-electron chi connectivity index (χ3n) is 5.19. The van der Waals surface area contributed by atoms with Crippen molar-refractivity contribution in [2.75, 3.05) is 38.7 Å². The van der Waals surface area contributed by atoms with Crippen molar-refractivity contribution in [1.29, 1.82) is 0 Å². The number of anilines is 2. The van der Waals surface area contributed by atoms with Gasteiger partial charge in [-0.3, -0.25) is 9.59 Å². The zero-order valence-corrected chi connectivity index (χ0v) is 20.9. The van der Waals surface area contributed by atoms with E-state index in [1.807, 2.05) is 0 Å². The quantitative estimate of drug-likeness (QED) is 0.437. The van der Waals surface area contributed by atoms with Crippen LogP contribution >= 0.6 is 11.6 Å². The Hall–Kier alpha value is -3.91. The molecule has 35 heavy (non-hydrogen) atoms. The van der Waals surface area contributed by atoms with Gasteiger partial charge in [-0.05, 0) is 48.0 Å². The third kappa shape index (κ3) is 5.96. The molecule has 2 amide bonds. The first kappa shape index (κ1) is 25.7. The zero-order valence-electron chi connectivity index (χ0n) is 20.2. The van der Waals surface area contributed by atoms with Crippen LogP contribution in [0.15, 0.2) is 54.6 Å². The summed E-state index contributed by atoms with van der Waals surface area (Å²) in [6.45, 7) is 1.51. The monoisotopic (exact) mass is 498 g/mol. The maximum atomic E-state index is 13.8. The molecule has 0 bridgehead atoms. The van der Waals surface area contributed by atoms with Crippen molar-refractivity contribution in [1.82, 2.24) is 0 Å². The van der Waals surface area contributed by atoms with E-state index in [9.17, 15) is 9.59 Å². The van der Waals surface area contributed by atoms with Gasteiger partial charge in [-0.2, -0.15) is 0 Å². The van der Waals surface area contributed by atoms with Gasteiger partial charge < -0.3 is 29.2 Å². The molecule has 0 radical (unpaired) electrons. The van der Waals surface area contributed by atoms with Crippen LogP contribution in [0.2, 0.25) is 5.02 Å². The average Bonchev–Trinajstić information content (AvgIpc) is 2.86. The summed E-state index contributed by atoms with van der Waals surface area (Å²) < 4.78 is 21.8. The number of benzene rings is 3. The van der Waals surface area contributed by atoms with Crippen molar-refractivity contribution in [3.8, 4) is 23.0 Å². The molecule has 0 aliphatic rings. The standard InChI is InChI=1S/C26H27ClN2O6/c1-16(30)28-21-10-9-20(32-2)14-22(21)29(26(31)18-7-6-8-19(27)13-18)15-17-11-23(33-3)25(35-5)24(12-17)34-4/h6-14H,15H2,1-5H3,(H,28,30). The van der Waals surface area contributed by atoms with Crippen molar-refractivity contribution < 1.29 is 28.5 Å². The van der Waals surface area contributed by atoms with E-state index < -0.39 is 0 Å². The van der Waals surface area contributed by atoms with Crippen LogP contribution in [0.1, 0.15) is 22.8 Å². The molecule has 0 saturated carbocycles. The van der Waals surface area contributed by atoms with Gasteiger partial charge in [-0.25, -0.2) is 0 Å². The van der Waals surface area contributed by atoms with E-state index >= 15 is 0 Å². The Kier molecular flexibility index (Phi) is 8.43. The number of hydrogen-bond acceptors (Lipinski definition) is 6. The average molecular weight is 499 g/mol. The van der Waals surface area contributed by atoms with Crippen molar-refractivity contribution in [2.45, 2.75) is 13.5 Å². The molecular weight excluding hydrogens is 472 g/mol. The molecule has 3 rings (SSSR count). The molecule has 0 aliphatic heterocycles. The van der Waals surface area contributed by atoms with Gasteiger partial charge in [0.25, 0.3) is 5.91 Å². The Morgan fingerprint density at radius 1 is 0.886 bits per heavy atom. The van der Waals surface area contributed by atoms with Gasteiger partial charge in [-0.1, -0.05) is 17.7 Å². The lowest BCUT2D eigenvalue weighted by Crippen LogP contribution is -2.31. The van der Waals surface area contributed by atoms with Crippen LogP contribution in [0.25, 0.3) is 0 Å². The maximum Gasteiger partial charge on any atom is 0.258 e. The van der Waals surface area contributed by atoms with Crippen molar-refractivity contribution >= 4 is 34.8 Å². The predicted octanol–water partition coefficient (Wildman–Crippen LogP) is 5.18. The van der Waals surface area contributed by atoms with Gasteiger partial charge in [0.1, 0.15) is 5.75 Å². The maximum absolute atomic E-state index is 13.8. The van der Waals surface area contributed by atoms with Crippen molar-refractivity contribution in [3.63, 3.8) is 0 Å². The summed E-state index contributed by atoms with van der Waals surface area (Å²) in [7, 11) is 6.09. The molecule has 3 aromatic carbocycles. The highest BCUT2D eigenvalue weighted by molar-refractivity contribution is 6.31. The number of amides is 2. The minimum absolute atomic E-state index is 0.113. The lowest BCUT2D eigenvalue weighted by molar-refractivity contribution is -0.114. The number of ether oxygens (including phenoxy) is 4. The number of nitrogens with one attached hydrogen (secondary N) is 1. The number of rotatable bonds is 9. The first-order valence-electron chi connectivity index (χ1n) is 10.6. The summed E-state index contributed by atoms with van der Waals surface area (Å²) in [5.74, 6) is 1.24. The molecule has 184 valence electrons. The normalized spacial score (nSPS) is 10.3. The van der Waals surface area contributed by atoms with E-state index in [0.29, 0.717) is 50.5 Å². The smallest absolute Gasteiger partial charge is 0.258 e. The highest BCUT2D eigenvalue weighted by atomic mass is 35.5. The topological polar surface area (TPSA) is 86.3 Å². The fourth-order valence-corrected chi connectivity index (χ4v) is 3.80. The van der Waals surface area contributed by atoms with E-state index in [4.69, 9.17) is 30.5 Å². The molecule has 0 saturated heterocycles. The van der Waals surface area contributed by atoms with Crippen molar-refractivity contribution in [3.05, 3.63) is 70.7 Å². The molecular formula is C26H27ClN2O6. The van der Waals surface area contributed by atoms with Gasteiger partial charge in [0.15, 0.2) is 11.5 Å². The van der Waals surface area contributed by atoms with Gasteiger partial charge in [0.05, 0.1) is 46.4 Å². The van der Waals surface area contributed by atoms with Gasteiger partial charge in [0, 0.05) is 23.6 Å². The lowest BCUT2D eigenvalue weighted by atomic mass is 10.1. The summed E-state index contributed by atoms with van der Waals surface area (Å²) >= 11 is 6.17. The van der Waals surface area contributed by atoms with Gasteiger partial charge in [-0.15, -0.1) is 0 Å². The Morgan fingerprint density at radius 2 is 1.57 bits per heavy atom.